The van der Waals surface area contributed by atoms with Crippen LogP contribution < -0.4 is 5.32 Å². The summed E-state index contributed by atoms with van der Waals surface area (Å²) in [4.78, 5) is 5.05. The first kappa shape index (κ1) is 6.88. The lowest BCUT2D eigenvalue weighted by Gasteiger charge is -1.90. The molecule has 2 nitrogen and oxygen atoms in total. The first-order valence-electron chi connectivity index (χ1n) is 3.05. The average molecular weight is 184 g/mol. The molecule has 1 aliphatic rings. The molecule has 0 atom stereocenters. The fourth-order valence-electron chi connectivity index (χ4n) is 0.803. The van der Waals surface area contributed by atoms with Gasteiger partial charge in [-0.25, -0.2) is 10.3 Å². The van der Waals surface area contributed by atoms with E-state index in [-0.39, 0.29) is 0 Å². The van der Waals surface area contributed by atoms with E-state index in [2.05, 4.69) is 10.3 Å². The van der Waals surface area contributed by atoms with Crippen molar-refractivity contribution >= 4 is 28.8 Å². The minimum Gasteiger partial charge on any atom is -0.234 e. The van der Waals surface area contributed by atoms with Gasteiger partial charge in [0.2, 0.25) is 0 Å². The summed E-state index contributed by atoms with van der Waals surface area (Å²) >= 11 is 7.23. The van der Waals surface area contributed by atoms with Crippen molar-refractivity contribution in [2.24, 2.45) is 4.99 Å². The van der Waals surface area contributed by atoms with Crippen LogP contribution in [0.4, 0.5) is 0 Å². The van der Waals surface area contributed by atoms with Gasteiger partial charge < -0.3 is 0 Å². The minimum atomic E-state index is 0.752. The van der Waals surface area contributed by atoms with Gasteiger partial charge in [-0.2, -0.15) is 0 Å². The van der Waals surface area contributed by atoms with E-state index in [0.29, 0.717) is 0 Å². The van der Waals surface area contributed by atoms with E-state index in [0.717, 1.165) is 15.0 Å². The van der Waals surface area contributed by atoms with Gasteiger partial charge in [0.25, 0.3) is 0 Å². The Hall–Kier alpha value is -0.800. The molecule has 0 saturated heterocycles. The Bertz CT molecular complexity index is 327. The monoisotopic (exact) mass is 183 g/mol. The topological polar surface area (TPSA) is 26.5 Å². The summed E-state index contributed by atoms with van der Waals surface area (Å²) < 4.78 is 0.768. The van der Waals surface area contributed by atoms with Gasteiger partial charge in [0, 0.05) is 12.4 Å². The van der Waals surface area contributed by atoms with Crippen molar-refractivity contribution in [3.05, 3.63) is 33.7 Å². The molecule has 11 heavy (non-hydrogen) atoms. The first-order valence-corrected chi connectivity index (χ1v) is 4.25. The normalized spacial score (nSPS) is 14.8. The molecule has 2 rings (SSSR count). The SMILES string of the molecule is Clc1ccc(C2=NC=C[N]2)s1. The van der Waals surface area contributed by atoms with Crippen molar-refractivity contribution in [2.75, 3.05) is 0 Å². The first-order chi connectivity index (χ1) is 5.36. The zero-order valence-electron chi connectivity index (χ0n) is 5.49. The number of thiophene rings is 1. The van der Waals surface area contributed by atoms with Crippen LogP contribution in [0.2, 0.25) is 4.34 Å². The second-order valence-corrected chi connectivity index (χ2v) is 3.70. The standard InChI is InChI=1S/C7H4ClN2S/c8-6-2-1-5(11-6)7-9-3-4-10-7/h1-4H. The zero-order valence-corrected chi connectivity index (χ0v) is 7.06. The van der Waals surface area contributed by atoms with Gasteiger partial charge in [0.1, 0.15) is 0 Å². The fraction of sp³-hybridized carbons (Fsp3) is 0. The van der Waals surface area contributed by atoms with Gasteiger partial charge >= 0.3 is 0 Å². The summed E-state index contributed by atoms with van der Waals surface area (Å²) in [5, 5.41) is 4.04. The molecule has 0 saturated carbocycles. The highest BCUT2D eigenvalue weighted by atomic mass is 35.5. The largest absolute Gasteiger partial charge is 0.234 e. The van der Waals surface area contributed by atoms with Crippen LogP contribution in [-0.2, 0) is 0 Å². The van der Waals surface area contributed by atoms with Gasteiger partial charge in [-0.15, -0.1) is 11.3 Å². The molecule has 1 aromatic heterocycles. The third kappa shape index (κ3) is 1.29. The molecule has 2 heterocycles. The van der Waals surface area contributed by atoms with Crippen molar-refractivity contribution in [3.8, 4) is 0 Å². The van der Waals surface area contributed by atoms with Crippen LogP contribution in [0, 0.1) is 0 Å². The molecule has 0 fully saturated rings. The number of aliphatic imine (C=N–C) groups is 1. The summed E-state index contributed by atoms with van der Waals surface area (Å²) in [5.41, 5.74) is 0. The highest BCUT2D eigenvalue weighted by Crippen LogP contribution is 2.22. The van der Waals surface area contributed by atoms with E-state index in [1.54, 1.807) is 12.4 Å². The molecule has 1 aliphatic heterocycles. The van der Waals surface area contributed by atoms with E-state index in [1.165, 1.54) is 11.3 Å². The number of rotatable bonds is 1. The maximum Gasteiger partial charge on any atom is 0.169 e. The summed E-state index contributed by atoms with van der Waals surface area (Å²) in [6.07, 6.45) is 3.34. The molecule has 4 heteroatoms. The average Bonchev–Trinajstić information content (AvgIpc) is 2.55. The maximum atomic E-state index is 5.74. The quantitative estimate of drug-likeness (QED) is 0.639. The Kier molecular flexibility index (Phi) is 1.68. The van der Waals surface area contributed by atoms with Crippen molar-refractivity contribution in [1.29, 1.82) is 0 Å². The van der Waals surface area contributed by atoms with Crippen LogP contribution in [0.1, 0.15) is 4.88 Å². The Morgan fingerprint density at radius 3 is 2.73 bits per heavy atom. The van der Waals surface area contributed by atoms with Gasteiger partial charge in [0.05, 0.1) is 9.21 Å². The molecule has 1 aromatic rings. The smallest absolute Gasteiger partial charge is 0.169 e. The van der Waals surface area contributed by atoms with Gasteiger partial charge in [-0.05, 0) is 12.1 Å². The van der Waals surface area contributed by atoms with Crippen LogP contribution >= 0.6 is 22.9 Å². The molecule has 0 aromatic carbocycles. The highest BCUT2D eigenvalue weighted by Gasteiger charge is 2.07. The molecule has 0 N–H and O–H groups in total. The zero-order chi connectivity index (χ0) is 7.68. The maximum absolute atomic E-state index is 5.74. The lowest BCUT2D eigenvalue weighted by atomic mass is 10.4. The van der Waals surface area contributed by atoms with Crippen LogP contribution in [0.25, 0.3) is 0 Å². The summed E-state index contributed by atoms with van der Waals surface area (Å²) in [5.74, 6) is 0.752. The second kappa shape index (κ2) is 2.68. The van der Waals surface area contributed by atoms with Crippen molar-refractivity contribution in [1.82, 2.24) is 5.32 Å². The number of hydrogen-bond acceptors (Lipinski definition) is 2. The molecular formula is C7H4ClN2S. The van der Waals surface area contributed by atoms with Crippen LogP contribution in [0.15, 0.2) is 29.5 Å². The molecule has 0 amide bonds. The molecule has 0 spiro atoms. The van der Waals surface area contributed by atoms with Gasteiger partial charge in [-0.1, -0.05) is 11.6 Å². The van der Waals surface area contributed by atoms with Crippen molar-refractivity contribution in [3.63, 3.8) is 0 Å². The molecule has 1 radical (unpaired) electrons. The van der Waals surface area contributed by atoms with Crippen LogP contribution in [0.5, 0.6) is 0 Å². The van der Waals surface area contributed by atoms with Gasteiger partial charge in [0.15, 0.2) is 5.84 Å². The predicted molar refractivity (Wildman–Crippen MR) is 47.1 cm³/mol. The van der Waals surface area contributed by atoms with E-state index in [4.69, 9.17) is 11.6 Å². The summed E-state index contributed by atoms with van der Waals surface area (Å²) in [6.45, 7) is 0. The second-order valence-electron chi connectivity index (χ2n) is 1.98. The Morgan fingerprint density at radius 1 is 1.27 bits per heavy atom. The van der Waals surface area contributed by atoms with E-state index in [9.17, 15) is 0 Å². The Balaban J connectivity index is 2.30. The van der Waals surface area contributed by atoms with E-state index >= 15 is 0 Å². The van der Waals surface area contributed by atoms with E-state index in [1.807, 2.05) is 12.1 Å². The molecular weight excluding hydrogens is 180 g/mol. The lowest BCUT2D eigenvalue weighted by molar-refractivity contribution is 1.30. The third-order valence-electron chi connectivity index (χ3n) is 1.25. The summed E-state index contributed by atoms with van der Waals surface area (Å²) in [7, 11) is 0. The van der Waals surface area contributed by atoms with Crippen LogP contribution in [0.3, 0.4) is 0 Å². The third-order valence-corrected chi connectivity index (χ3v) is 2.48. The molecule has 0 unspecified atom stereocenters. The van der Waals surface area contributed by atoms with Crippen LogP contribution in [-0.4, -0.2) is 5.84 Å². The summed E-state index contributed by atoms with van der Waals surface area (Å²) in [6, 6.07) is 3.76. The van der Waals surface area contributed by atoms with Crippen molar-refractivity contribution < 1.29 is 0 Å². The fourth-order valence-corrected chi connectivity index (χ4v) is 1.79. The van der Waals surface area contributed by atoms with Gasteiger partial charge in [-0.3, -0.25) is 0 Å². The van der Waals surface area contributed by atoms with Crippen molar-refractivity contribution in [2.45, 2.75) is 0 Å². The minimum absolute atomic E-state index is 0.752. The van der Waals surface area contributed by atoms with E-state index < -0.39 is 0 Å². The number of nitrogens with zero attached hydrogens (tertiary/aromatic N) is 2. The number of hydrogen-bond donors (Lipinski definition) is 0. The predicted octanol–water partition coefficient (Wildman–Crippen LogP) is 2.24. The Labute approximate surface area is 73.2 Å². The lowest BCUT2D eigenvalue weighted by Crippen LogP contribution is -2.04. The number of amidine groups is 1. The highest BCUT2D eigenvalue weighted by molar-refractivity contribution is 7.18. The molecule has 0 aliphatic carbocycles. The number of halogens is 1. The Morgan fingerprint density at radius 2 is 2.18 bits per heavy atom. The molecule has 0 bridgehead atoms. The molecule has 55 valence electrons.